The highest BCUT2D eigenvalue weighted by molar-refractivity contribution is 8.01. The molecule has 0 amide bonds. The van der Waals surface area contributed by atoms with Crippen LogP contribution in [0.5, 0.6) is 0 Å². The van der Waals surface area contributed by atoms with Gasteiger partial charge in [0.25, 0.3) is 0 Å². The van der Waals surface area contributed by atoms with Crippen LogP contribution in [-0.4, -0.2) is 24.4 Å². The highest BCUT2D eigenvalue weighted by atomic mass is 32.2. The highest BCUT2D eigenvalue weighted by Gasteiger charge is 2.62. The Hall–Kier alpha value is -2.42. The Kier molecular flexibility index (Phi) is 12.0. The Bertz CT molecular complexity index is 1040. The first-order valence-electron chi connectivity index (χ1n) is 14.6. The predicted octanol–water partition coefficient (Wildman–Crippen LogP) is 9.09. The van der Waals surface area contributed by atoms with Crippen LogP contribution in [0.2, 0.25) is 0 Å². The van der Waals surface area contributed by atoms with Crippen molar-refractivity contribution >= 4 is 23.6 Å². The first-order valence-corrected chi connectivity index (χ1v) is 15.4. The van der Waals surface area contributed by atoms with Crippen LogP contribution in [0.15, 0.2) is 59.0 Å². The summed E-state index contributed by atoms with van der Waals surface area (Å²) >= 11 is 1.57. The normalized spacial score (nSPS) is 26.0. The summed E-state index contributed by atoms with van der Waals surface area (Å²) in [6.45, 7) is 8.38. The summed E-state index contributed by atoms with van der Waals surface area (Å²) in [6, 6.07) is 0. The van der Waals surface area contributed by atoms with Gasteiger partial charge in [0.1, 0.15) is 0 Å². The minimum absolute atomic E-state index is 0.123. The first-order chi connectivity index (χ1) is 19.1. The van der Waals surface area contributed by atoms with Crippen molar-refractivity contribution in [3.8, 4) is 0 Å². The zero-order chi connectivity index (χ0) is 29.2. The third-order valence-corrected chi connectivity index (χ3v) is 9.23. The third-order valence-electron chi connectivity index (χ3n) is 8.18. The average Bonchev–Trinajstić information content (AvgIpc) is 3.70. The molecule has 3 aliphatic rings. The molecule has 9 heteroatoms. The number of allylic oxidation sites excluding steroid dienone is 6. The molecule has 1 aliphatic heterocycles. The molecule has 2 aliphatic carbocycles. The van der Waals surface area contributed by atoms with Gasteiger partial charge in [-0.2, -0.15) is 13.2 Å². The molecular formula is C31H45F3N4OS. The molecule has 0 aromatic heterocycles. The number of halogens is 3. The molecule has 1 heterocycles. The summed E-state index contributed by atoms with van der Waals surface area (Å²) in [5.74, 6) is 0.0892. The fourth-order valence-corrected chi connectivity index (χ4v) is 6.01. The van der Waals surface area contributed by atoms with E-state index >= 15 is 0 Å². The maximum atomic E-state index is 13.1. The lowest BCUT2D eigenvalue weighted by Crippen LogP contribution is -2.30. The fourth-order valence-electron chi connectivity index (χ4n) is 5.28. The number of hydrogen-bond donors (Lipinski definition) is 4. The lowest BCUT2D eigenvalue weighted by Gasteiger charge is -2.29. The van der Waals surface area contributed by atoms with Gasteiger partial charge in [-0.15, -0.1) is 0 Å². The lowest BCUT2D eigenvalue weighted by atomic mass is 9.80. The SMILES string of the molecule is C=C1NS/C(=C/C)CCCCCCCCC(C)CC2C(=N)C1=CC=C2N/C=C\C(=N)OCCC1(C(F)(F)F)CC1. The topological polar surface area (TPSA) is 81.0 Å². The molecule has 2 fully saturated rings. The summed E-state index contributed by atoms with van der Waals surface area (Å²) in [4.78, 5) is 1.27. The minimum Gasteiger partial charge on any atom is -0.478 e. The van der Waals surface area contributed by atoms with Crippen LogP contribution < -0.4 is 10.0 Å². The van der Waals surface area contributed by atoms with Crippen molar-refractivity contribution in [2.24, 2.45) is 17.3 Å². The van der Waals surface area contributed by atoms with Crippen molar-refractivity contribution in [3.05, 3.63) is 59.0 Å². The van der Waals surface area contributed by atoms with Crippen LogP contribution in [0.4, 0.5) is 13.2 Å². The molecule has 2 bridgehead atoms. The van der Waals surface area contributed by atoms with Gasteiger partial charge in [-0.25, -0.2) is 0 Å². The van der Waals surface area contributed by atoms with E-state index in [0.717, 1.165) is 30.5 Å². The van der Waals surface area contributed by atoms with Crippen LogP contribution in [0.1, 0.15) is 90.9 Å². The molecule has 5 nitrogen and oxygen atoms in total. The summed E-state index contributed by atoms with van der Waals surface area (Å²) in [5.41, 5.74) is 1.23. The second-order valence-electron chi connectivity index (χ2n) is 11.3. The second-order valence-corrected chi connectivity index (χ2v) is 12.3. The lowest BCUT2D eigenvalue weighted by molar-refractivity contribution is -0.190. The molecule has 2 atom stereocenters. The number of alkyl halides is 3. The molecular weight excluding hydrogens is 533 g/mol. The maximum absolute atomic E-state index is 13.1. The molecule has 3 rings (SSSR count). The Morgan fingerprint density at radius 3 is 2.58 bits per heavy atom. The molecule has 2 unspecified atom stereocenters. The van der Waals surface area contributed by atoms with E-state index in [2.05, 4.69) is 36.5 Å². The fraction of sp³-hybridized carbons (Fsp3) is 0.613. The molecule has 1 saturated heterocycles. The number of nitrogens with one attached hydrogen (secondary N) is 4. The van der Waals surface area contributed by atoms with Gasteiger partial charge in [0.2, 0.25) is 5.90 Å². The zero-order valence-electron chi connectivity index (χ0n) is 23.9. The Morgan fingerprint density at radius 2 is 1.90 bits per heavy atom. The van der Waals surface area contributed by atoms with Gasteiger partial charge in [0.15, 0.2) is 0 Å². The largest absolute Gasteiger partial charge is 0.478 e. The van der Waals surface area contributed by atoms with Gasteiger partial charge in [-0.1, -0.05) is 58.1 Å². The van der Waals surface area contributed by atoms with Crippen molar-refractivity contribution in [3.63, 3.8) is 0 Å². The number of hydrogen-bond acceptors (Lipinski definition) is 6. The van der Waals surface area contributed by atoms with Gasteiger partial charge >= 0.3 is 6.18 Å². The Labute approximate surface area is 242 Å². The maximum Gasteiger partial charge on any atom is 0.394 e. The summed E-state index contributed by atoms with van der Waals surface area (Å²) < 4.78 is 47.9. The standard InChI is InChI=1S/C31H45F3N4OS/c1-4-24-12-10-8-6-5-7-9-11-22(2)21-26-27(14-13-25(29(26)36)23(3)38-40-24)37-19-15-28(35)39-20-18-30(16-17-30)31(32,33)34/h4,13-15,19,22,26,35-38H,3,5-12,16-18,20-21H2,1-2H3/b19-15-,24-4+,35-28?,36-29?. The van der Waals surface area contributed by atoms with Gasteiger partial charge in [-0.3, -0.25) is 5.41 Å². The second kappa shape index (κ2) is 15.0. The van der Waals surface area contributed by atoms with Gasteiger partial charge in [-0.05, 0) is 75.5 Å². The molecule has 1 saturated carbocycles. The van der Waals surface area contributed by atoms with Gasteiger partial charge in [0.05, 0.1) is 12.0 Å². The summed E-state index contributed by atoms with van der Waals surface area (Å²) in [5, 5.41) is 20.3. The molecule has 0 aromatic carbocycles. The zero-order valence-corrected chi connectivity index (χ0v) is 24.7. The van der Waals surface area contributed by atoms with Crippen LogP contribution in [0.3, 0.4) is 0 Å². The van der Waals surface area contributed by atoms with Crippen molar-refractivity contribution in [1.82, 2.24) is 10.0 Å². The van der Waals surface area contributed by atoms with E-state index in [1.54, 1.807) is 18.1 Å². The van der Waals surface area contributed by atoms with Crippen LogP contribution in [0.25, 0.3) is 0 Å². The first kappa shape index (κ1) is 32.1. The molecule has 222 valence electrons. The van der Waals surface area contributed by atoms with Crippen molar-refractivity contribution in [2.45, 2.75) is 97.1 Å². The third kappa shape index (κ3) is 9.32. The van der Waals surface area contributed by atoms with Gasteiger partial charge < -0.3 is 20.2 Å². The van der Waals surface area contributed by atoms with Gasteiger partial charge in [0, 0.05) is 45.8 Å². The highest BCUT2D eigenvalue weighted by Crippen LogP contribution is 2.59. The molecule has 0 radical (unpaired) electrons. The van der Waals surface area contributed by atoms with E-state index in [1.165, 1.54) is 49.5 Å². The monoisotopic (exact) mass is 578 g/mol. The van der Waals surface area contributed by atoms with Crippen molar-refractivity contribution in [2.75, 3.05) is 6.61 Å². The minimum atomic E-state index is -4.21. The van der Waals surface area contributed by atoms with E-state index in [4.69, 9.17) is 15.6 Å². The van der Waals surface area contributed by atoms with Crippen LogP contribution in [0, 0.1) is 28.1 Å². The number of ether oxygens (including phenoxy) is 1. The Morgan fingerprint density at radius 1 is 1.20 bits per heavy atom. The van der Waals surface area contributed by atoms with Crippen molar-refractivity contribution < 1.29 is 17.9 Å². The average molecular weight is 579 g/mol. The van der Waals surface area contributed by atoms with E-state index in [0.29, 0.717) is 17.3 Å². The van der Waals surface area contributed by atoms with E-state index < -0.39 is 11.6 Å². The van der Waals surface area contributed by atoms with E-state index in [9.17, 15) is 13.2 Å². The summed E-state index contributed by atoms with van der Waals surface area (Å²) in [7, 11) is 0. The number of rotatable bonds is 6. The van der Waals surface area contributed by atoms with Crippen LogP contribution in [-0.2, 0) is 4.74 Å². The summed E-state index contributed by atoms with van der Waals surface area (Å²) in [6.07, 6.45) is 15.3. The quantitative estimate of drug-likeness (QED) is 0.144. The molecule has 40 heavy (non-hydrogen) atoms. The van der Waals surface area contributed by atoms with Crippen molar-refractivity contribution in [1.29, 1.82) is 10.8 Å². The van der Waals surface area contributed by atoms with E-state index in [-0.39, 0.29) is 37.7 Å². The Balaban J connectivity index is 1.65. The number of fused-ring (bicyclic) bond motifs is 2. The molecule has 0 aromatic rings. The van der Waals surface area contributed by atoms with E-state index in [1.807, 2.05) is 12.2 Å². The molecule has 4 N–H and O–H groups in total. The van der Waals surface area contributed by atoms with Crippen LogP contribution >= 0.6 is 11.9 Å². The predicted molar refractivity (Wildman–Crippen MR) is 160 cm³/mol. The molecule has 0 spiro atoms. The smallest absolute Gasteiger partial charge is 0.394 e.